The fourth-order valence-electron chi connectivity index (χ4n) is 3.47. The van der Waals surface area contributed by atoms with Crippen molar-refractivity contribution in [2.45, 2.75) is 44.9 Å². The van der Waals surface area contributed by atoms with Gasteiger partial charge in [0.05, 0.1) is 6.61 Å². The number of hydrogen-bond acceptors (Lipinski definition) is 5. The lowest BCUT2D eigenvalue weighted by atomic mass is 10.2. The number of carbonyl (C=O) groups is 1. The normalized spacial score (nSPS) is 16.3. The highest BCUT2D eigenvalue weighted by atomic mass is 16.7. The van der Waals surface area contributed by atoms with Crippen LogP contribution in [-0.2, 0) is 6.54 Å². The lowest BCUT2D eigenvalue weighted by Gasteiger charge is -2.21. The van der Waals surface area contributed by atoms with Crippen LogP contribution in [0, 0.1) is 0 Å². The molecule has 0 unspecified atom stereocenters. The van der Waals surface area contributed by atoms with E-state index in [1.807, 2.05) is 31.2 Å². The summed E-state index contributed by atoms with van der Waals surface area (Å²) >= 11 is 0. The third kappa shape index (κ3) is 3.77. The number of hydrogen-bond donors (Lipinski definition) is 2. The third-order valence-corrected chi connectivity index (χ3v) is 4.73. The molecule has 0 bridgehead atoms. The summed E-state index contributed by atoms with van der Waals surface area (Å²) < 4.78 is 17.5. The molecule has 4 rings (SSSR count). The second kappa shape index (κ2) is 7.34. The molecule has 2 aliphatic rings. The fourth-order valence-corrected chi connectivity index (χ4v) is 3.47. The van der Waals surface area contributed by atoms with Crippen LogP contribution in [0.3, 0.4) is 0 Å². The van der Waals surface area contributed by atoms with E-state index >= 15 is 0 Å². The highest BCUT2D eigenvalue weighted by molar-refractivity contribution is 5.89. The van der Waals surface area contributed by atoms with Crippen LogP contribution < -0.4 is 24.8 Å². The van der Waals surface area contributed by atoms with Crippen molar-refractivity contribution in [1.82, 2.24) is 10.3 Å². The number of nitrogens with zero attached hydrogens (tertiary/aromatic N) is 1. The van der Waals surface area contributed by atoms with E-state index in [2.05, 4.69) is 15.6 Å². The molecule has 2 amide bonds. The van der Waals surface area contributed by atoms with Gasteiger partial charge in [-0.3, -0.25) is 0 Å². The molecule has 2 aromatic rings. The lowest BCUT2D eigenvalue weighted by Crippen LogP contribution is -2.34. The number of nitrogens with one attached hydrogen (secondary N) is 2. The zero-order valence-corrected chi connectivity index (χ0v) is 15.3. The van der Waals surface area contributed by atoms with E-state index in [-0.39, 0.29) is 6.03 Å². The van der Waals surface area contributed by atoms with E-state index in [1.165, 1.54) is 0 Å². The molecule has 2 heterocycles. The van der Waals surface area contributed by atoms with Gasteiger partial charge in [0.25, 0.3) is 5.79 Å². The summed E-state index contributed by atoms with van der Waals surface area (Å²) in [5.74, 6) is 1.45. The van der Waals surface area contributed by atoms with Gasteiger partial charge >= 0.3 is 6.03 Å². The molecule has 1 fully saturated rings. The molecule has 1 spiro atoms. The van der Waals surface area contributed by atoms with Crippen molar-refractivity contribution in [3.8, 4) is 17.4 Å². The van der Waals surface area contributed by atoms with Gasteiger partial charge in [-0.1, -0.05) is 6.07 Å². The van der Waals surface area contributed by atoms with Crippen LogP contribution in [0.25, 0.3) is 0 Å². The first kappa shape index (κ1) is 17.5. The Morgan fingerprint density at radius 2 is 2.04 bits per heavy atom. The van der Waals surface area contributed by atoms with Crippen molar-refractivity contribution in [2.24, 2.45) is 0 Å². The van der Waals surface area contributed by atoms with Gasteiger partial charge in [0, 0.05) is 42.9 Å². The van der Waals surface area contributed by atoms with Crippen LogP contribution in [0.1, 0.15) is 38.2 Å². The Morgan fingerprint density at radius 3 is 2.85 bits per heavy atom. The molecule has 1 aromatic carbocycles. The maximum atomic E-state index is 12.2. The number of benzene rings is 1. The number of ether oxygens (including phenoxy) is 3. The van der Waals surface area contributed by atoms with Crippen LogP contribution in [0.2, 0.25) is 0 Å². The number of rotatable bonds is 5. The van der Waals surface area contributed by atoms with Crippen molar-refractivity contribution >= 4 is 11.7 Å². The van der Waals surface area contributed by atoms with Gasteiger partial charge < -0.3 is 24.8 Å². The molecule has 1 aromatic heterocycles. The Morgan fingerprint density at radius 1 is 1.22 bits per heavy atom. The number of amides is 2. The molecule has 7 nitrogen and oxygen atoms in total. The van der Waals surface area contributed by atoms with Crippen LogP contribution in [0.4, 0.5) is 10.5 Å². The van der Waals surface area contributed by atoms with Gasteiger partial charge in [-0.05, 0) is 38.0 Å². The zero-order valence-electron chi connectivity index (χ0n) is 15.3. The molecule has 27 heavy (non-hydrogen) atoms. The van der Waals surface area contributed by atoms with Crippen molar-refractivity contribution < 1.29 is 19.0 Å². The number of anilines is 1. The second-order valence-electron chi connectivity index (χ2n) is 6.69. The van der Waals surface area contributed by atoms with E-state index in [0.717, 1.165) is 37.0 Å². The lowest BCUT2D eigenvalue weighted by molar-refractivity contribution is -0.0716. The van der Waals surface area contributed by atoms with Crippen molar-refractivity contribution in [3.63, 3.8) is 0 Å². The third-order valence-electron chi connectivity index (χ3n) is 4.73. The predicted octanol–water partition coefficient (Wildman–Crippen LogP) is 3.84. The molecular formula is C20H23N3O4. The summed E-state index contributed by atoms with van der Waals surface area (Å²) in [7, 11) is 0. The van der Waals surface area contributed by atoms with Crippen molar-refractivity contribution in [2.75, 3.05) is 11.9 Å². The average Bonchev–Trinajstić information content (AvgIpc) is 3.27. The first-order valence-corrected chi connectivity index (χ1v) is 9.31. The van der Waals surface area contributed by atoms with Crippen LogP contribution in [-0.4, -0.2) is 23.4 Å². The number of fused-ring (bicyclic) bond motifs is 1. The number of aromatic nitrogens is 1. The number of urea groups is 1. The van der Waals surface area contributed by atoms with E-state index in [0.29, 0.717) is 30.5 Å². The standard InChI is InChI=1S/C20H23N3O4/c1-2-25-18-14(6-5-11-21-18)13-22-19(24)23-15-7-8-16-17(12-15)27-20(26-16)9-3-4-10-20/h5-8,11-12H,2-4,9-10,13H2,1H3,(H2,22,23,24). The molecule has 142 valence electrons. The van der Waals surface area contributed by atoms with Crippen LogP contribution in [0.5, 0.6) is 17.4 Å². The minimum absolute atomic E-state index is 0.309. The molecule has 0 saturated heterocycles. The molecule has 0 radical (unpaired) electrons. The van der Waals surface area contributed by atoms with Crippen LogP contribution >= 0.6 is 0 Å². The summed E-state index contributed by atoms with van der Waals surface area (Å²) in [5.41, 5.74) is 1.48. The van der Waals surface area contributed by atoms with Crippen molar-refractivity contribution in [1.29, 1.82) is 0 Å². The van der Waals surface area contributed by atoms with Gasteiger partial charge in [0.1, 0.15) is 0 Å². The Hall–Kier alpha value is -2.96. The Bertz CT molecular complexity index is 834. The number of pyridine rings is 1. The molecular weight excluding hydrogens is 346 g/mol. The van der Waals surface area contributed by atoms with Crippen LogP contribution in [0.15, 0.2) is 36.5 Å². The quantitative estimate of drug-likeness (QED) is 0.837. The maximum Gasteiger partial charge on any atom is 0.319 e. The predicted molar refractivity (Wildman–Crippen MR) is 100 cm³/mol. The van der Waals surface area contributed by atoms with E-state index in [1.54, 1.807) is 12.3 Å². The van der Waals surface area contributed by atoms with Gasteiger partial charge in [-0.2, -0.15) is 0 Å². The maximum absolute atomic E-state index is 12.2. The highest BCUT2D eigenvalue weighted by Crippen LogP contribution is 2.47. The first-order valence-electron chi connectivity index (χ1n) is 9.31. The SMILES string of the molecule is CCOc1ncccc1CNC(=O)Nc1ccc2c(c1)OC1(CCCC1)O2. The largest absolute Gasteiger partial charge is 0.478 e. The van der Waals surface area contributed by atoms with Gasteiger partial charge in [0.2, 0.25) is 5.88 Å². The van der Waals surface area contributed by atoms with Gasteiger partial charge in [0.15, 0.2) is 11.5 Å². The summed E-state index contributed by atoms with van der Waals surface area (Å²) in [5, 5.41) is 5.65. The average molecular weight is 369 g/mol. The number of carbonyl (C=O) groups excluding carboxylic acids is 1. The molecule has 1 aliphatic carbocycles. The van der Waals surface area contributed by atoms with Crippen molar-refractivity contribution in [3.05, 3.63) is 42.1 Å². The summed E-state index contributed by atoms with van der Waals surface area (Å²) in [6.45, 7) is 2.74. The molecule has 1 aliphatic heterocycles. The minimum Gasteiger partial charge on any atom is -0.478 e. The minimum atomic E-state index is -0.501. The zero-order chi connectivity index (χ0) is 18.7. The Kier molecular flexibility index (Phi) is 4.75. The Balaban J connectivity index is 1.36. The van der Waals surface area contributed by atoms with E-state index < -0.39 is 5.79 Å². The monoisotopic (exact) mass is 369 g/mol. The summed E-state index contributed by atoms with van der Waals surface area (Å²) in [6.07, 6.45) is 5.69. The van der Waals surface area contributed by atoms with Gasteiger partial charge in [-0.15, -0.1) is 0 Å². The second-order valence-corrected chi connectivity index (χ2v) is 6.69. The molecule has 7 heteroatoms. The van der Waals surface area contributed by atoms with Gasteiger partial charge in [-0.25, -0.2) is 9.78 Å². The molecule has 2 N–H and O–H groups in total. The van der Waals surface area contributed by atoms with E-state index in [4.69, 9.17) is 14.2 Å². The Labute approximate surface area is 158 Å². The first-order chi connectivity index (χ1) is 13.2. The molecule has 0 atom stereocenters. The smallest absolute Gasteiger partial charge is 0.319 e. The fraction of sp³-hybridized carbons (Fsp3) is 0.400. The summed E-state index contributed by atoms with van der Waals surface area (Å²) in [6, 6.07) is 8.83. The topological polar surface area (TPSA) is 81.7 Å². The summed E-state index contributed by atoms with van der Waals surface area (Å²) in [4.78, 5) is 16.4. The highest BCUT2D eigenvalue weighted by Gasteiger charge is 2.44. The van der Waals surface area contributed by atoms with E-state index in [9.17, 15) is 4.79 Å². The molecule has 1 saturated carbocycles.